The van der Waals surface area contributed by atoms with Crippen LogP contribution in [0.1, 0.15) is 32.1 Å². The fourth-order valence-electron chi connectivity index (χ4n) is 2.54. The Labute approximate surface area is 104 Å². The molecule has 7 heteroatoms. The summed E-state index contributed by atoms with van der Waals surface area (Å²) in [7, 11) is 0. The minimum absolute atomic E-state index is 0.104. The molecular weight excluding hydrogens is 236 g/mol. The molecule has 0 aromatic carbocycles. The fourth-order valence-corrected chi connectivity index (χ4v) is 2.89. The Morgan fingerprint density at radius 1 is 1.29 bits per heavy atom. The van der Waals surface area contributed by atoms with E-state index >= 15 is 0 Å². The van der Waals surface area contributed by atoms with Gasteiger partial charge in [0.2, 0.25) is 11.6 Å². The third-order valence-electron chi connectivity index (χ3n) is 3.39. The number of thioether (sulfide) groups is 1. The molecule has 0 bridgehead atoms. The van der Waals surface area contributed by atoms with Crippen LogP contribution in [-0.4, -0.2) is 26.6 Å². The molecule has 0 unspecified atom stereocenters. The number of fused-ring (bicyclic) bond motifs is 1. The number of nitrogens with zero attached hydrogens (tertiary/aromatic N) is 3. The summed E-state index contributed by atoms with van der Waals surface area (Å²) in [6.07, 6.45) is 7.79. The minimum atomic E-state index is -0.104. The average Bonchev–Trinajstić information content (AvgIpc) is 2.68. The Balaban J connectivity index is 1.97. The van der Waals surface area contributed by atoms with Gasteiger partial charge in [-0.1, -0.05) is 18.2 Å². The van der Waals surface area contributed by atoms with Crippen LogP contribution in [0, 0.1) is 5.41 Å². The van der Waals surface area contributed by atoms with E-state index in [9.17, 15) is 0 Å². The largest absolute Gasteiger partial charge is 0.330 e. The van der Waals surface area contributed by atoms with Gasteiger partial charge in [0.25, 0.3) is 0 Å². The van der Waals surface area contributed by atoms with E-state index in [0.717, 1.165) is 18.8 Å². The molecule has 0 amide bonds. The van der Waals surface area contributed by atoms with Gasteiger partial charge in [0, 0.05) is 0 Å². The molecule has 0 atom stereocenters. The lowest BCUT2D eigenvalue weighted by Crippen LogP contribution is -2.46. The van der Waals surface area contributed by atoms with Crippen LogP contribution in [0.25, 0.3) is 0 Å². The number of nitrogens with one attached hydrogen (secondary N) is 3. The van der Waals surface area contributed by atoms with E-state index in [0.29, 0.717) is 5.16 Å². The first-order valence-corrected chi connectivity index (χ1v) is 7.11. The summed E-state index contributed by atoms with van der Waals surface area (Å²) in [5, 5.41) is 12.0. The van der Waals surface area contributed by atoms with Gasteiger partial charge in [-0.15, -0.1) is 0 Å². The molecule has 1 aliphatic carbocycles. The summed E-state index contributed by atoms with van der Waals surface area (Å²) in [5.41, 5.74) is 3.47. The number of anilines is 1. The van der Waals surface area contributed by atoms with Gasteiger partial charge >= 0.3 is 0 Å². The van der Waals surface area contributed by atoms with E-state index in [1.54, 1.807) is 4.68 Å². The van der Waals surface area contributed by atoms with Crippen LogP contribution in [-0.2, 0) is 0 Å². The van der Waals surface area contributed by atoms with Crippen LogP contribution < -0.4 is 16.4 Å². The molecule has 0 radical (unpaired) electrons. The molecular formula is C10H16N6S. The maximum absolute atomic E-state index is 7.89. The van der Waals surface area contributed by atoms with Gasteiger partial charge in [-0.25, -0.2) is 0 Å². The summed E-state index contributed by atoms with van der Waals surface area (Å²) in [4.78, 5) is 8.52. The van der Waals surface area contributed by atoms with Crippen molar-refractivity contribution in [2.45, 2.75) is 42.9 Å². The lowest BCUT2D eigenvalue weighted by molar-refractivity contribution is 0.351. The molecule has 2 aliphatic rings. The lowest BCUT2D eigenvalue weighted by Gasteiger charge is -2.33. The first-order valence-electron chi connectivity index (χ1n) is 5.88. The number of aromatic nitrogens is 3. The topological polar surface area (TPSA) is 78.6 Å². The molecule has 3 rings (SSSR count). The zero-order valence-electron chi connectivity index (χ0n) is 9.79. The zero-order valence-corrected chi connectivity index (χ0v) is 10.6. The Kier molecular flexibility index (Phi) is 2.50. The molecule has 1 aliphatic heterocycles. The maximum atomic E-state index is 7.89. The lowest BCUT2D eigenvalue weighted by atomic mass is 9.90. The van der Waals surface area contributed by atoms with Gasteiger partial charge in [-0.05, 0) is 31.9 Å². The molecule has 1 saturated carbocycles. The van der Waals surface area contributed by atoms with Gasteiger partial charge in [0.05, 0.1) is 0 Å². The highest BCUT2D eigenvalue weighted by atomic mass is 32.2. The number of hydrogen-bond acceptors (Lipinski definition) is 6. The Morgan fingerprint density at radius 3 is 2.76 bits per heavy atom. The van der Waals surface area contributed by atoms with Crippen molar-refractivity contribution in [2.75, 3.05) is 17.0 Å². The predicted molar refractivity (Wildman–Crippen MR) is 66.5 cm³/mol. The van der Waals surface area contributed by atoms with Crippen LogP contribution in [0.2, 0.25) is 0 Å². The maximum Gasteiger partial charge on any atom is 0.246 e. The molecule has 1 aromatic rings. The van der Waals surface area contributed by atoms with Gasteiger partial charge in [0.15, 0.2) is 5.16 Å². The van der Waals surface area contributed by atoms with E-state index in [4.69, 9.17) is 5.41 Å². The van der Waals surface area contributed by atoms with Crippen molar-refractivity contribution in [2.24, 2.45) is 0 Å². The zero-order chi connectivity index (χ0) is 11.9. The normalized spacial score (nSPS) is 20.8. The third kappa shape index (κ3) is 1.78. The molecule has 2 heterocycles. The van der Waals surface area contributed by atoms with Crippen LogP contribution in [0.3, 0.4) is 0 Å². The first-order chi connectivity index (χ1) is 8.22. The van der Waals surface area contributed by atoms with Crippen molar-refractivity contribution in [1.82, 2.24) is 14.6 Å². The molecule has 6 nitrogen and oxygen atoms in total. The van der Waals surface area contributed by atoms with E-state index in [1.165, 1.54) is 31.0 Å². The molecule has 3 N–H and O–H groups in total. The van der Waals surface area contributed by atoms with Gasteiger partial charge in [-0.2, -0.15) is 14.6 Å². The molecule has 1 aromatic heterocycles. The summed E-state index contributed by atoms with van der Waals surface area (Å²) < 4.78 is 1.66. The van der Waals surface area contributed by atoms with Crippen LogP contribution in [0.4, 0.5) is 5.95 Å². The number of rotatable bonds is 1. The summed E-state index contributed by atoms with van der Waals surface area (Å²) in [6, 6.07) is 0. The molecule has 0 saturated heterocycles. The van der Waals surface area contributed by atoms with Crippen molar-refractivity contribution in [3.63, 3.8) is 0 Å². The van der Waals surface area contributed by atoms with E-state index < -0.39 is 0 Å². The Bertz CT molecular complexity index is 490. The monoisotopic (exact) mass is 252 g/mol. The highest BCUT2D eigenvalue weighted by Gasteiger charge is 2.38. The van der Waals surface area contributed by atoms with Crippen molar-refractivity contribution in [3.05, 3.63) is 5.62 Å². The summed E-state index contributed by atoms with van der Waals surface area (Å²) >= 11 is 1.46. The van der Waals surface area contributed by atoms with Gasteiger partial charge in [-0.3, -0.25) is 10.8 Å². The predicted octanol–water partition coefficient (Wildman–Crippen LogP) is 1.11. The summed E-state index contributed by atoms with van der Waals surface area (Å²) in [5.74, 6) is 0.719. The average molecular weight is 252 g/mol. The van der Waals surface area contributed by atoms with Gasteiger partial charge < -0.3 is 5.32 Å². The van der Waals surface area contributed by atoms with Gasteiger partial charge in [0.1, 0.15) is 5.66 Å². The highest BCUT2D eigenvalue weighted by Crippen LogP contribution is 2.33. The van der Waals surface area contributed by atoms with Crippen LogP contribution >= 0.6 is 11.8 Å². The quantitative estimate of drug-likeness (QED) is 0.653. The van der Waals surface area contributed by atoms with E-state index in [2.05, 4.69) is 20.7 Å². The number of hydrogen-bond donors (Lipinski definition) is 3. The van der Waals surface area contributed by atoms with Crippen LogP contribution in [0.15, 0.2) is 5.16 Å². The smallest absolute Gasteiger partial charge is 0.246 e. The van der Waals surface area contributed by atoms with E-state index in [1.807, 2.05) is 6.26 Å². The molecule has 1 spiro atoms. The van der Waals surface area contributed by atoms with Crippen molar-refractivity contribution in [3.8, 4) is 0 Å². The second-order valence-electron chi connectivity index (χ2n) is 4.57. The SMILES string of the molecule is CSc1nc2n(c(=N)n1)NC1(CCCCC1)N2. The molecule has 92 valence electrons. The first kappa shape index (κ1) is 10.9. The summed E-state index contributed by atoms with van der Waals surface area (Å²) in [6.45, 7) is 0. The molecule has 1 fully saturated rings. The van der Waals surface area contributed by atoms with Crippen molar-refractivity contribution in [1.29, 1.82) is 5.41 Å². The van der Waals surface area contributed by atoms with Crippen LogP contribution in [0.5, 0.6) is 0 Å². The molecule has 17 heavy (non-hydrogen) atoms. The Hall–Kier alpha value is -1.24. The second kappa shape index (κ2) is 3.90. The third-order valence-corrected chi connectivity index (χ3v) is 3.94. The standard InChI is InChI=1S/C10H16N6S/c1-17-9-12-7(11)16-8(13-9)14-10(15-16)5-3-2-4-6-10/h15H,2-6H2,1H3,(H2,11,12,13,14). The van der Waals surface area contributed by atoms with E-state index in [-0.39, 0.29) is 11.3 Å². The van der Waals surface area contributed by atoms with Crippen molar-refractivity contribution < 1.29 is 0 Å². The fraction of sp³-hybridized carbons (Fsp3) is 0.700. The second-order valence-corrected chi connectivity index (χ2v) is 5.35. The highest BCUT2D eigenvalue weighted by molar-refractivity contribution is 7.98. The minimum Gasteiger partial charge on any atom is -0.330 e. The van der Waals surface area contributed by atoms with Crippen molar-refractivity contribution >= 4 is 17.7 Å². The Morgan fingerprint density at radius 2 is 2.06 bits per heavy atom.